The highest BCUT2D eigenvalue weighted by molar-refractivity contribution is 7.12. The molecule has 1 nitrogen and oxygen atoms in total. The van der Waals surface area contributed by atoms with Gasteiger partial charge in [0.1, 0.15) is 0 Å². The number of benzene rings is 1. The minimum Gasteiger partial charge on any atom is -0.324 e. The lowest BCUT2D eigenvalue weighted by Crippen LogP contribution is -2.13. The molecule has 0 aliphatic heterocycles. The van der Waals surface area contributed by atoms with Crippen molar-refractivity contribution < 1.29 is 0 Å². The van der Waals surface area contributed by atoms with E-state index in [9.17, 15) is 0 Å². The Balaban J connectivity index is 2.14. The highest BCUT2D eigenvalue weighted by Gasteiger charge is 2.11. The molecule has 1 aromatic heterocycles. The van der Waals surface area contributed by atoms with Crippen LogP contribution >= 0.6 is 11.3 Å². The Hall–Kier alpha value is -1.12. The fraction of sp³-hybridized carbons (Fsp3) is 0.286. The molecule has 0 saturated carbocycles. The SMILES string of the molecule is Cc1cc(C(N)Cc2ccccc2)c(C)s1. The van der Waals surface area contributed by atoms with Gasteiger partial charge in [0.15, 0.2) is 0 Å². The fourth-order valence-electron chi connectivity index (χ4n) is 2.00. The third-order valence-corrected chi connectivity index (χ3v) is 3.76. The van der Waals surface area contributed by atoms with Crippen molar-refractivity contribution in [3.63, 3.8) is 0 Å². The van der Waals surface area contributed by atoms with Crippen molar-refractivity contribution in [3.05, 3.63) is 57.3 Å². The number of rotatable bonds is 3. The number of thiophene rings is 1. The van der Waals surface area contributed by atoms with Crippen molar-refractivity contribution in [2.45, 2.75) is 26.3 Å². The molecule has 2 heteroatoms. The average Bonchev–Trinajstić information content (AvgIpc) is 2.59. The number of aryl methyl sites for hydroxylation is 2. The Labute approximate surface area is 101 Å². The van der Waals surface area contributed by atoms with Crippen LogP contribution in [0, 0.1) is 13.8 Å². The van der Waals surface area contributed by atoms with Gasteiger partial charge in [0.25, 0.3) is 0 Å². The fourth-order valence-corrected chi connectivity index (χ4v) is 2.99. The third kappa shape index (κ3) is 2.52. The minimum atomic E-state index is 0.118. The quantitative estimate of drug-likeness (QED) is 0.858. The van der Waals surface area contributed by atoms with E-state index in [0.29, 0.717) is 0 Å². The van der Waals surface area contributed by atoms with E-state index in [1.807, 2.05) is 17.4 Å². The van der Waals surface area contributed by atoms with E-state index in [4.69, 9.17) is 5.73 Å². The standard InChI is InChI=1S/C14H17NS/c1-10-8-13(11(2)16-10)14(15)9-12-6-4-3-5-7-12/h3-8,14H,9,15H2,1-2H3. The summed E-state index contributed by atoms with van der Waals surface area (Å²) in [5.41, 5.74) is 8.85. The normalized spacial score (nSPS) is 12.7. The first kappa shape index (κ1) is 11.4. The minimum absolute atomic E-state index is 0.118. The monoisotopic (exact) mass is 231 g/mol. The van der Waals surface area contributed by atoms with Crippen molar-refractivity contribution in [1.29, 1.82) is 0 Å². The zero-order chi connectivity index (χ0) is 11.5. The molecule has 0 saturated heterocycles. The Bertz CT molecular complexity index is 459. The van der Waals surface area contributed by atoms with Crippen LogP contribution in [0.1, 0.15) is 26.9 Å². The molecule has 1 heterocycles. The maximum absolute atomic E-state index is 6.25. The molecule has 84 valence electrons. The molecule has 0 spiro atoms. The smallest absolute Gasteiger partial charge is 0.0346 e. The molecule has 1 atom stereocenters. The predicted octanol–water partition coefficient (Wildman–Crippen LogP) is 3.61. The van der Waals surface area contributed by atoms with Crippen molar-refractivity contribution in [3.8, 4) is 0 Å². The van der Waals surface area contributed by atoms with Crippen LogP contribution in [0.2, 0.25) is 0 Å². The van der Waals surface area contributed by atoms with Gasteiger partial charge in [-0.05, 0) is 37.5 Å². The Morgan fingerprint density at radius 3 is 2.44 bits per heavy atom. The molecular formula is C14H17NS. The zero-order valence-electron chi connectivity index (χ0n) is 9.73. The second-order valence-corrected chi connectivity index (χ2v) is 5.63. The van der Waals surface area contributed by atoms with Crippen LogP contribution in [0.25, 0.3) is 0 Å². The summed E-state index contributed by atoms with van der Waals surface area (Å²) in [5.74, 6) is 0. The number of nitrogens with two attached hydrogens (primary N) is 1. The first-order valence-corrected chi connectivity index (χ1v) is 6.35. The van der Waals surface area contributed by atoms with E-state index < -0.39 is 0 Å². The lowest BCUT2D eigenvalue weighted by atomic mass is 10.0. The van der Waals surface area contributed by atoms with Crippen LogP contribution in [0.4, 0.5) is 0 Å². The van der Waals surface area contributed by atoms with Crippen LogP contribution in [-0.2, 0) is 6.42 Å². The van der Waals surface area contributed by atoms with Gasteiger partial charge in [-0.3, -0.25) is 0 Å². The van der Waals surface area contributed by atoms with Gasteiger partial charge in [-0.25, -0.2) is 0 Å². The van der Waals surface area contributed by atoms with Crippen LogP contribution in [0.15, 0.2) is 36.4 Å². The first-order valence-electron chi connectivity index (χ1n) is 5.53. The highest BCUT2D eigenvalue weighted by atomic mass is 32.1. The summed E-state index contributed by atoms with van der Waals surface area (Å²) in [6.07, 6.45) is 0.915. The molecule has 1 unspecified atom stereocenters. The number of hydrogen-bond donors (Lipinski definition) is 1. The van der Waals surface area contributed by atoms with Crippen molar-refractivity contribution in [1.82, 2.24) is 0 Å². The lowest BCUT2D eigenvalue weighted by Gasteiger charge is -2.11. The van der Waals surface area contributed by atoms with E-state index in [2.05, 4.69) is 44.2 Å². The largest absolute Gasteiger partial charge is 0.324 e. The van der Waals surface area contributed by atoms with Crippen LogP contribution < -0.4 is 5.73 Å². The van der Waals surface area contributed by atoms with Gasteiger partial charge in [-0.2, -0.15) is 0 Å². The summed E-state index contributed by atoms with van der Waals surface area (Å²) >= 11 is 1.83. The highest BCUT2D eigenvalue weighted by Crippen LogP contribution is 2.26. The summed E-state index contributed by atoms with van der Waals surface area (Å²) in [5, 5.41) is 0. The zero-order valence-corrected chi connectivity index (χ0v) is 10.6. The molecule has 0 bridgehead atoms. The van der Waals surface area contributed by atoms with Crippen LogP contribution in [-0.4, -0.2) is 0 Å². The molecular weight excluding hydrogens is 214 g/mol. The average molecular weight is 231 g/mol. The van der Waals surface area contributed by atoms with Gasteiger partial charge in [0, 0.05) is 15.8 Å². The van der Waals surface area contributed by atoms with E-state index in [0.717, 1.165) is 6.42 Å². The predicted molar refractivity (Wildman–Crippen MR) is 70.9 cm³/mol. The maximum atomic E-state index is 6.25. The molecule has 0 radical (unpaired) electrons. The first-order chi connectivity index (χ1) is 7.66. The van der Waals surface area contributed by atoms with Gasteiger partial charge in [-0.15, -0.1) is 11.3 Å². The van der Waals surface area contributed by atoms with Gasteiger partial charge in [-0.1, -0.05) is 30.3 Å². The van der Waals surface area contributed by atoms with Gasteiger partial charge in [0.05, 0.1) is 0 Å². The van der Waals surface area contributed by atoms with Gasteiger partial charge < -0.3 is 5.73 Å². The summed E-state index contributed by atoms with van der Waals surface area (Å²) in [6, 6.07) is 12.8. The maximum Gasteiger partial charge on any atom is 0.0346 e. The van der Waals surface area contributed by atoms with Gasteiger partial charge >= 0.3 is 0 Å². The molecule has 2 rings (SSSR count). The molecule has 2 N–H and O–H groups in total. The van der Waals surface area contributed by atoms with E-state index >= 15 is 0 Å². The Morgan fingerprint density at radius 2 is 1.88 bits per heavy atom. The summed E-state index contributed by atoms with van der Waals surface area (Å²) in [4.78, 5) is 2.69. The van der Waals surface area contributed by atoms with Crippen LogP contribution in [0.3, 0.4) is 0 Å². The molecule has 0 aliphatic rings. The third-order valence-electron chi connectivity index (χ3n) is 2.78. The lowest BCUT2D eigenvalue weighted by molar-refractivity contribution is 0.720. The molecule has 0 amide bonds. The molecule has 2 aromatic rings. The second kappa shape index (κ2) is 4.81. The Kier molecular flexibility index (Phi) is 3.42. The summed E-state index contributed by atoms with van der Waals surface area (Å²) in [6.45, 7) is 4.29. The topological polar surface area (TPSA) is 26.0 Å². The second-order valence-electron chi connectivity index (χ2n) is 4.16. The van der Waals surface area contributed by atoms with Crippen LogP contribution in [0.5, 0.6) is 0 Å². The van der Waals surface area contributed by atoms with E-state index in [1.54, 1.807) is 0 Å². The van der Waals surface area contributed by atoms with Crippen molar-refractivity contribution >= 4 is 11.3 Å². The van der Waals surface area contributed by atoms with Crippen molar-refractivity contribution in [2.24, 2.45) is 5.73 Å². The summed E-state index contributed by atoms with van der Waals surface area (Å²) in [7, 11) is 0. The summed E-state index contributed by atoms with van der Waals surface area (Å²) < 4.78 is 0. The molecule has 16 heavy (non-hydrogen) atoms. The molecule has 0 aliphatic carbocycles. The van der Waals surface area contributed by atoms with E-state index in [-0.39, 0.29) is 6.04 Å². The van der Waals surface area contributed by atoms with Crippen molar-refractivity contribution in [2.75, 3.05) is 0 Å². The number of hydrogen-bond acceptors (Lipinski definition) is 2. The molecule has 1 aromatic carbocycles. The Morgan fingerprint density at radius 1 is 1.19 bits per heavy atom. The molecule has 0 fully saturated rings. The van der Waals surface area contributed by atoms with Gasteiger partial charge in [0.2, 0.25) is 0 Å². The van der Waals surface area contributed by atoms with E-state index in [1.165, 1.54) is 20.9 Å².